The Balaban J connectivity index is 4.02. The van der Waals surface area contributed by atoms with E-state index in [9.17, 15) is 18.4 Å². The highest BCUT2D eigenvalue weighted by Gasteiger charge is 2.38. The molecule has 0 spiro atoms. The van der Waals surface area contributed by atoms with Crippen LogP contribution in [0.3, 0.4) is 0 Å². The number of carbonyl (C=O) groups is 2. The van der Waals surface area contributed by atoms with Gasteiger partial charge >= 0.3 is 11.9 Å². The SMILES string of the molecule is CC(C)CC(F)(F)C(=O)NCCC(=O)O. The van der Waals surface area contributed by atoms with Crippen molar-refractivity contribution in [2.24, 2.45) is 5.92 Å². The van der Waals surface area contributed by atoms with Crippen LogP contribution >= 0.6 is 0 Å². The monoisotopic (exact) mass is 223 g/mol. The van der Waals surface area contributed by atoms with Crippen molar-refractivity contribution in [3.63, 3.8) is 0 Å². The quantitative estimate of drug-likeness (QED) is 0.712. The molecule has 0 saturated carbocycles. The third kappa shape index (κ3) is 5.98. The van der Waals surface area contributed by atoms with E-state index in [1.165, 1.54) is 0 Å². The molecule has 88 valence electrons. The maximum Gasteiger partial charge on any atom is 0.324 e. The highest BCUT2D eigenvalue weighted by atomic mass is 19.3. The average Bonchev–Trinajstić information content (AvgIpc) is 2.00. The molecule has 15 heavy (non-hydrogen) atoms. The highest BCUT2D eigenvalue weighted by Crippen LogP contribution is 2.23. The number of carboxylic acids is 1. The van der Waals surface area contributed by atoms with E-state index in [1.807, 2.05) is 5.32 Å². The van der Waals surface area contributed by atoms with Crippen molar-refractivity contribution in [2.75, 3.05) is 6.54 Å². The normalized spacial score (nSPS) is 11.5. The van der Waals surface area contributed by atoms with Gasteiger partial charge in [-0.1, -0.05) is 13.8 Å². The summed E-state index contributed by atoms with van der Waals surface area (Å²) >= 11 is 0. The molecule has 0 unspecified atom stereocenters. The zero-order chi connectivity index (χ0) is 12.1. The summed E-state index contributed by atoms with van der Waals surface area (Å²) in [6.45, 7) is 2.89. The molecular formula is C9H15F2NO3. The molecule has 0 aromatic rings. The van der Waals surface area contributed by atoms with Gasteiger partial charge in [-0.05, 0) is 5.92 Å². The van der Waals surface area contributed by atoms with Gasteiger partial charge in [-0.2, -0.15) is 8.78 Å². The number of aliphatic carboxylic acids is 1. The van der Waals surface area contributed by atoms with Crippen LogP contribution in [0, 0.1) is 5.92 Å². The minimum absolute atomic E-state index is 0.276. The third-order valence-corrected chi connectivity index (χ3v) is 1.62. The first-order chi connectivity index (χ1) is 6.75. The van der Waals surface area contributed by atoms with E-state index in [2.05, 4.69) is 0 Å². The molecular weight excluding hydrogens is 208 g/mol. The fourth-order valence-electron chi connectivity index (χ4n) is 1.02. The van der Waals surface area contributed by atoms with Gasteiger partial charge in [0.25, 0.3) is 5.91 Å². The number of carboxylic acid groups (broad SMARTS) is 1. The maximum absolute atomic E-state index is 13.0. The van der Waals surface area contributed by atoms with Crippen LogP contribution in [0.4, 0.5) is 8.78 Å². The first-order valence-corrected chi connectivity index (χ1v) is 4.63. The zero-order valence-electron chi connectivity index (χ0n) is 8.72. The predicted octanol–water partition coefficient (Wildman–Crippen LogP) is 1.26. The van der Waals surface area contributed by atoms with E-state index >= 15 is 0 Å². The summed E-state index contributed by atoms with van der Waals surface area (Å²) in [5.74, 6) is -6.27. The largest absolute Gasteiger partial charge is 0.481 e. The third-order valence-electron chi connectivity index (χ3n) is 1.62. The van der Waals surface area contributed by atoms with Crippen molar-refractivity contribution in [3.05, 3.63) is 0 Å². The van der Waals surface area contributed by atoms with Gasteiger partial charge in [-0.15, -0.1) is 0 Å². The van der Waals surface area contributed by atoms with Gasteiger partial charge in [0, 0.05) is 13.0 Å². The van der Waals surface area contributed by atoms with Crippen LogP contribution in [0.1, 0.15) is 26.7 Å². The van der Waals surface area contributed by atoms with Crippen molar-refractivity contribution in [3.8, 4) is 0 Å². The van der Waals surface area contributed by atoms with Gasteiger partial charge in [0.2, 0.25) is 0 Å². The number of carbonyl (C=O) groups excluding carboxylic acids is 1. The van der Waals surface area contributed by atoms with Gasteiger partial charge in [0.1, 0.15) is 0 Å². The lowest BCUT2D eigenvalue weighted by Crippen LogP contribution is -2.41. The van der Waals surface area contributed by atoms with Gasteiger partial charge in [0.15, 0.2) is 0 Å². The molecule has 0 heterocycles. The Morgan fingerprint density at radius 1 is 1.40 bits per heavy atom. The molecule has 0 saturated heterocycles. The van der Waals surface area contributed by atoms with E-state index in [-0.39, 0.29) is 18.9 Å². The Morgan fingerprint density at radius 2 is 1.93 bits per heavy atom. The lowest BCUT2D eigenvalue weighted by atomic mass is 10.0. The smallest absolute Gasteiger partial charge is 0.324 e. The molecule has 0 rings (SSSR count). The van der Waals surface area contributed by atoms with E-state index in [0.29, 0.717) is 0 Å². The fraction of sp³-hybridized carbons (Fsp3) is 0.778. The minimum atomic E-state index is -3.42. The highest BCUT2D eigenvalue weighted by molar-refractivity contribution is 5.83. The zero-order valence-corrected chi connectivity index (χ0v) is 8.72. The Morgan fingerprint density at radius 3 is 2.33 bits per heavy atom. The van der Waals surface area contributed by atoms with Gasteiger partial charge in [-0.25, -0.2) is 0 Å². The van der Waals surface area contributed by atoms with Crippen molar-refractivity contribution < 1.29 is 23.5 Å². The lowest BCUT2D eigenvalue weighted by Gasteiger charge is -2.17. The van der Waals surface area contributed by atoms with Crippen molar-refractivity contribution in [1.82, 2.24) is 5.32 Å². The fourth-order valence-corrected chi connectivity index (χ4v) is 1.02. The van der Waals surface area contributed by atoms with E-state index in [0.717, 1.165) is 0 Å². The van der Waals surface area contributed by atoms with Crippen molar-refractivity contribution in [1.29, 1.82) is 0 Å². The van der Waals surface area contributed by atoms with Crippen LogP contribution in [-0.4, -0.2) is 29.5 Å². The molecule has 0 radical (unpaired) electrons. The summed E-state index contributed by atoms with van der Waals surface area (Å²) in [6.07, 6.45) is -0.893. The van der Waals surface area contributed by atoms with Crippen LogP contribution < -0.4 is 5.32 Å². The Labute approximate surface area is 86.7 Å². The van der Waals surface area contributed by atoms with Gasteiger partial charge < -0.3 is 10.4 Å². The van der Waals surface area contributed by atoms with Crippen LogP contribution in [-0.2, 0) is 9.59 Å². The van der Waals surface area contributed by atoms with E-state index < -0.39 is 24.2 Å². The standard InChI is InChI=1S/C9H15F2NO3/c1-6(2)5-9(10,11)8(15)12-4-3-7(13)14/h6H,3-5H2,1-2H3,(H,12,15)(H,13,14). The Hall–Kier alpha value is -1.20. The predicted molar refractivity (Wildman–Crippen MR) is 49.7 cm³/mol. The molecule has 6 heteroatoms. The molecule has 0 aromatic carbocycles. The molecule has 0 atom stereocenters. The van der Waals surface area contributed by atoms with E-state index in [4.69, 9.17) is 5.11 Å². The summed E-state index contributed by atoms with van der Waals surface area (Å²) in [5, 5.41) is 10.1. The number of hydrogen-bond acceptors (Lipinski definition) is 2. The lowest BCUT2D eigenvalue weighted by molar-refractivity contribution is -0.148. The first-order valence-electron chi connectivity index (χ1n) is 4.63. The van der Waals surface area contributed by atoms with Crippen LogP contribution in [0.5, 0.6) is 0 Å². The number of halogens is 2. The van der Waals surface area contributed by atoms with Crippen LogP contribution in [0.15, 0.2) is 0 Å². The molecule has 0 aliphatic carbocycles. The maximum atomic E-state index is 13.0. The second-order valence-corrected chi connectivity index (χ2v) is 3.70. The second-order valence-electron chi connectivity index (χ2n) is 3.70. The average molecular weight is 223 g/mol. The molecule has 0 fully saturated rings. The summed E-state index contributed by atoms with van der Waals surface area (Å²) in [7, 11) is 0. The van der Waals surface area contributed by atoms with Crippen LogP contribution in [0.2, 0.25) is 0 Å². The summed E-state index contributed by atoms with van der Waals surface area (Å²) in [6, 6.07) is 0. The number of alkyl halides is 2. The van der Waals surface area contributed by atoms with Gasteiger partial charge in [0.05, 0.1) is 6.42 Å². The molecule has 0 bridgehead atoms. The first kappa shape index (κ1) is 13.8. The minimum Gasteiger partial charge on any atom is -0.481 e. The molecule has 1 amide bonds. The number of amides is 1. The summed E-state index contributed by atoms with van der Waals surface area (Å²) < 4.78 is 26.1. The van der Waals surface area contributed by atoms with Crippen LogP contribution in [0.25, 0.3) is 0 Å². The summed E-state index contributed by atoms with van der Waals surface area (Å²) in [5.41, 5.74) is 0. The van der Waals surface area contributed by atoms with Crippen molar-refractivity contribution >= 4 is 11.9 Å². The number of nitrogens with one attached hydrogen (secondary N) is 1. The Kier molecular flexibility index (Phi) is 5.18. The number of rotatable bonds is 6. The number of hydrogen-bond donors (Lipinski definition) is 2. The molecule has 4 nitrogen and oxygen atoms in total. The van der Waals surface area contributed by atoms with Gasteiger partial charge in [-0.3, -0.25) is 9.59 Å². The van der Waals surface area contributed by atoms with Crippen molar-refractivity contribution in [2.45, 2.75) is 32.6 Å². The van der Waals surface area contributed by atoms with E-state index in [1.54, 1.807) is 13.8 Å². The molecule has 0 aliphatic heterocycles. The summed E-state index contributed by atoms with van der Waals surface area (Å²) in [4.78, 5) is 21.0. The topological polar surface area (TPSA) is 66.4 Å². The second kappa shape index (κ2) is 5.63. The molecule has 0 aliphatic rings. The molecule has 0 aromatic heterocycles. The molecule has 2 N–H and O–H groups in total. The Bertz CT molecular complexity index is 242.